The van der Waals surface area contributed by atoms with Crippen molar-refractivity contribution in [2.45, 2.75) is 52.0 Å². The summed E-state index contributed by atoms with van der Waals surface area (Å²) in [6.45, 7) is 6.24. The summed E-state index contributed by atoms with van der Waals surface area (Å²) in [4.78, 5) is 27.5. The van der Waals surface area contributed by atoms with E-state index in [1.807, 2.05) is 11.8 Å². The summed E-state index contributed by atoms with van der Waals surface area (Å²) in [6.07, 6.45) is 5.05. The van der Waals surface area contributed by atoms with Gasteiger partial charge in [-0.1, -0.05) is 20.3 Å². The average Bonchev–Trinajstić information content (AvgIpc) is 2.46. The van der Waals surface area contributed by atoms with Gasteiger partial charge in [-0.25, -0.2) is 9.59 Å². The lowest BCUT2D eigenvalue weighted by molar-refractivity contribution is -0.145. The molecule has 2 amide bonds. The maximum absolute atomic E-state index is 12.6. The standard InChI is InChI=1S/C15H26N2O3/c1-3-12-6-9-16(10-7-12)15(20)17-8-4-5-11(2)13(17)14(18)19/h11-13H,3-10H2,1-2H3,(H,18,19). The van der Waals surface area contributed by atoms with E-state index in [0.29, 0.717) is 6.54 Å². The monoisotopic (exact) mass is 282 g/mol. The Balaban J connectivity index is 2.01. The topological polar surface area (TPSA) is 60.9 Å². The molecule has 5 nitrogen and oxygen atoms in total. The highest BCUT2D eigenvalue weighted by atomic mass is 16.4. The van der Waals surface area contributed by atoms with E-state index < -0.39 is 12.0 Å². The van der Waals surface area contributed by atoms with Crippen molar-refractivity contribution in [3.8, 4) is 0 Å². The van der Waals surface area contributed by atoms with Crippen molar-refractivity contribution < 1.29 is 14.7 Å². The summed E-state index contributed by atoms with van der Waals surface area (Å²) in [7, 11) is 0. The minimum absolute atomic E-state index is 0.0402. The van der Waals surface area contributed by atoms with Crippen LogP contribution < -0.4 is 0 Å². The van der Waals surface area contributed by atoms with Crippen molar-refractivity contribution in [2.24, 2.45) is 11.8 Å². The van der Waals surface area contributed by atoms with Crippen LogP contribution in [0.1, 0.15) is 46.0 Å². The summed E-state index contributed by atoms with van der Waals surface area (Å²) in [5.41, 5.74) is 0. The third kappa shape index (κ3) is 3.07. The van der Waals surface area contributed by atoms with Gasteiger partial charge in [0.1, 0.15) is 6.04 Å². The molecular weight excluding hydrogens is 256 g/mol. The molecule has 1 N–H and O–H groups in total. The van der Waals surface area contributed by atoms with Crippen LogP contribution in [-0.4, -0.2) is 52.6 Å². The van der Waals surface area contributed by atoms with E-state index in [1.54, 1.807) is 4.90 Å². The molecule has 2 aliphatic heterocycles. The number of likely N-dealkylation sites (tertiary alicyclic amines) is 2. The van der Waals surface area contributed by atoms with Crippen LogP contribution in [0.5, 0.6) is 0 Å². The molecule has 20 heavy (non-hydrogen) atoms. The van der Waals surface area contributed by atoms with Crippen LogP contribution in [0.15, 0.2) is 0 Å². The van der Waals surface area contributed by atoms with Crippen LogP contribution in [0.3, 0.4) is 0 Å². The number of urea groups is 1. The number of rotatable bonds is 2. The third-order valence-corrected chi connectivity index (χ3v) is 4.89. The second-order valence-electron chi connectivity index (χ2n) is 6.22. The first-order chi connectivity index (χ1) is 9.54. The zero-order chi connectivity index (χ0) is 14.7. The van der Waals surface area contributed by atoms with Crippen LogP contribution in [0.25, 0.3) is 0 Å². The van der Waals surface area contributed by atoms with Gasteiger partial charge in [-0.05, 0) is 37.5 Å². The quantitative estimate of drug-likeness (QED) is 0.846. The first-order valence-electron chi connectivity index (χ1n) is 7.83. The Kier molecular flexibility index (Phi) is 4.89. The minimum atomic E-state index is -0.867. The molecule has 2 unspecified atom stereocenters. The van der Waals surface area contributed by atoms with Gasteiger partial charge in [0.05, 0.1) is 0 Å². The molecule has 2 atom stereocenters. The minimum Gasteiger partial charge on any atom is -0.480 e. The van der Waals surface area contributed by atoms with Crippen LogP contribution in [0.2, 0.25) is 0 Å². The van der Waals surface area contributed by atoms with Gasteiger partial charge in [-0.2, -0.15) is 0 Å². The van der Waals surface area contributed by atoms with E-state index in [2.05, 4.69) is 6.92 Å². The Labute approximate surface area is 120 Å². The van der Waals surface area contributed by atoms with Gasteiger partial charge in [0.2, 0.25) is 0 Å². The van der Waals surface area contributed by atoms with Crippen LogP contribution in [-0.2, 0) is 4.79 Å². The number of hydrogen-bond acceptors (Lipinski definition) is 2. The van der Waals surface area contributed by atoms with E-state index in [1.165, 1.54) is 6.42 Å². The van der Waals surface area contributed by atoms with Gasteiger partial charge >= 0.3 is 12.0 Å². The zero-order valence-corrected chi connectivity index (χ0v) is 12.5. The summed E-state index contributed by atoms with van der Waals surface area (Å²) in [6, 6.07) is -0.723. The smallest absolute Gasteiger partial charge is 0.326 e. The van der Waals surface area contributed by atoms with Crippen molar-refractivity contribution in [1.29, 1.82) is 0 Å². The largest absolute Gasteiger partial charge is 0.480 e. The molecule has 114 valence electrons. The zero-order valence-electron chi connectivity index (χ0n) is 12.5. The fraction of sp³-hybridized carbons (Fsp3) is 0.867. The number of carboxylic acid groups (broad SMARTS) is 1. The number of carbonyl (C=O) groups is 2. The molecule has 2 saturated heterocycles. The number of piperidine rings is 2. The van der Waals surface area contributed by atoms with Gasteiger partial charge in [0.15, 0.2) is 0 Å². The lowest BCUT2D eigenvalue weighted by atomic mass is 9.90. The molecule has 5 heteroatoms. The van der Waals surface area contributed by atoms with Crippen molar-refractivity contribution in [2.75, 3.05) is 19.6 Å². The number of carbonyl (C=O) groups excluding carboxylic acids is 1. The molecule has 0 radical (unpaired) electrons. The first-order valence-corrected chi connectivity index (χ1v) is 7.83. The van der Waals surface area contributed by atoms with E-state index in [9.17, 15) is 14.7 Å². The highest BCUT2D eigenvalue weighted by Crippen LogP contribution is 2.27. The Morgan fingerprint density at radius 3 is 2.35 bits per heavy atom. The molecule has 2 heterocycles. The van der Waals surface area contributed by atoms with Gasteiger partial charge < -0.3 is 14.9 Å². The van der Waals surface area contributed by atoms with Gasteiger partial charge in [0, 0.05) is 19.6 Å². The Morgan fingerprint density at radius 2 is 1.80 bits per heavy atom. The Hall–Kier alpha value is -1.26. The van der Waals surface area contributed by atoms with Gasteiger partial charge in [-0.15, -0.1) is 0 Å². The first kappa shape index (κ1) is 15.1. The second kappa shape index (κ2) is 6.46. The molecular formula is C15H26N2O3. The maximum atomic E-state index is 12.6. The average molecular weight is 282 g/mol. The Bertz CT molecular complexity index is 364. The molecule has 0 aliphatic carbocycles. The number of carboxylic acids is 1. The van der Waals surface area contributed by atoms with Crippen molar-refractivity contribution in [3.05, 3.63) is 0 Å². The SMILES string of the molecule is CCC1CCN(C(=O)N2CCCC(C)C2C(=O)O)CC1. The van der Waals surface area contributed by atoms with Gasteiger partial charge in [0.25, 0.3) is 0 Å². The highest BCUT2D eigenvalue weighted by molar-refractivity contribution is 5.83. The number of amides is 2. The van der Waals surface area contributed by atoms with Crippen molar-refractivity contribution in [1.82, 2.24) is 9.80 Å². The lowest BCUT2D eigenvalue weighted by Crippen LogP contribution is -2.57. The third-order valence-electron chi connectivity index (χ3n) is 4.89. The molecule has 2 rings (SSSR count). The highest BCUT2D eigenvalue weighted by Gasteiger charge is 2.39. The fourth-order valence-electron chi connectivity index (χ4n) is 3.49. The fourth-order valence-corrected chi connectivity index (χ4v) is 3.49. The van der Waals surface area contributed by atoms with Crippen LogP contribution in [0.4, 0.5) is 4.79 Å². The molecule has 0 bridgehead atoms. The number of aliphatic carboxylic acids is 1. The predicted molar refractivity (Wildman–Crippen MR) is 76.5 cm³/mol. The molecule has 0 saturated carbocycles. The summed E-state index contributed by atoms with van der Waals surface area (Å²) >= 11 is 0. The molecule has 0 spiro atoms. The molecule has 0 aromatic carbocycles. The summed E-state index contributed by atoms with van der Waals surface area (Å²) in [5, 5.41) is 9.39. The molecule has 2 aliphatic rings. The van der Waals surface area contributed by atoms with Crippen LogP contribution in [0, 0.1) is 11.8 Å². The maximum Gasteiger partial charge on any atom is 0.326 e. The molecule has 2 fully saturated rings. The molecule has 0 aromatic rings. The summed E-state index contributed by atoms with van der Waals surface area (Å²) < 4.78 is 0. The summed E-state index contributed by atoms with van der Waals surface area (Å²) in [5.74, 6) is -0.109. The van der Waals surface area contributed by atoms with Gasteiger partial charge in [-0.3, -0.25) is 0 Å². The van der Waals surface area contributed by atoms with Crippen molar-refractivity contribution >= 4 is 12.0 Å². The van der Waals surface area contributed by atoms with E-state index in [0.717, 1.165) is 44.7 Å². The van der Waals surface area contributed by atoms with E-state index >= 15 is 0 Å². The molecule has 0 aromatic heterocycles. The Morgan fingerprint density at radius 1 is 1.15 bits per heavy atom. The second-order valence-corrected chi connectivity index (χ2v) is 6.22. The predicted octanol–water partition coefficient (Wildman–Crippen LogP) is 2.41. The number of hydrogen-bond donors (Lipinski definition) is 1. The normalized spacial score (nSPS) is 28.5. The van der Waals surface area contributed by atoms with E-state index in [-0.39, 0.29) is 11.9 Å². The van der Waals surface area contributed by atoms with E-state index in [4.69, 9.17) is 0 Å². The van der Waals surface area contributed by atoms with Crippen molar-refractivity contribution in [3.63, 3.8) is 0 Å². The number of nitrogens with zero attached hydrogens (tertiary/aromatic N) is 2. The lowest BCUT2D eigenvalue weighted by Gasteiger charge is -2.41. The van der Waals surface area contributed by atoms with Crippen LogP contribution >= 0.6 is 0 Å².